The van der Waals surface area contributed by atoms with Crippen LogP contribution in [0.3, 0.4) is 0 Å². The number of aryl methyl sites for hydroxylation is 1. The molecule has 19 heavy (non-hydrogen) atoms. The Morgan fingerprint density at radius 2 is 2.05 bits per heavy atom. The van der Waals surface area contributed by atoms with Gasteiger partial charge >= 0.3 is 0 Å². The van der Waals surface area contributed by atoms with E-state index in [1.807, 2.05) is 30.3 Å². The zero-order chi connectivity index (χ0) is 13.1. The fraction of sp³-hybridized carbons (Fsp3) is 0.375. The van der Waals surface area contributed by atoms with Gasteiger partial charge in [-0.15, -0.1) is 0 Å². The first-order chi connectivity index (χ1) is 9.29. The predicted octanol–water partition coefficient (Wildman–Crippen LogP) is 3.42. The molecule has 0 saturated heterocycles. The summed E-state index contributed by atoms with van der Waals surface area (Å²) >= 11 is 0. The van der Waals surface area contributed by atoms with Crippen LogP contribution in [0.2, 0.25) is 0 Å². The maximum atomic E-state index is 5.73. The molecule has 1 aliphatic rings. The average molecular weight is 257 g/mol. The van der Waals surface area contributed by atoms with Crippen LogP contribution in [0, 0.1) is 6.92 Å². The highest BCUT2D eigenvalue weighted by atomic mass is 16.5. The number of benzene rings is 1. The molecule has 3 heteroatoms. The lowest BCUT2D eigenvalue weighted by Gasteiger charge is -2.04. The molecule has 1 aromatic carbocycles. The minimum absolute atomic E-state index is 0.479. The normalized spacial score (nSPS) is 14.6. The van der Waals surface area contributed by atoms with E-state index in [4.69, 9.17) is 9.15 Å². The van der Waals surface area contributed by atoms with Crippen LogP contribution in [0.5, 0.6) is 5.75 Å². The van der Waals surface area contributed by atoms with Crippen molar-refractivity contribution in [2.45, 2.75) is 39.0 Å². The van der Waals surface area contributed by atoms with Gasteiger partial charge in [-0.25, -0.2) is 0 Å². The van der Waals surface area contributed by atoms with Crippen LogP contribution < -0.4 is 10.1 Å². The van der Waals surface area contributed by atoms with Crippen molar-refractivity contribution in [2.75, 3.05) is 0 Å². The number of ether oxygens (including phenoxy) is 1. The summed E-state index contributed by atoms with van der Waals surface area (Å²) in [6.07, 6.45) is 2.59. The van der Waals surface area contributed by atoms with Gasteiger partial charge in [0.05, 0.1) is 6.54 Å². The Morgan fingerprint density at radius 3 is 2.84 bits per heavy atom. The van der Waals surface area contributed by atoms with Gasteiger partial charge < -0.3 is 14.5 Å². The molecule has 3 nitrogen and oxygen atoms in total. The van der Waals surface area contributed by atoms with Crippen LogP contribution in [0.25, 0.3) is 0 Å². The van der Waals surface area contributed by atoms with Gasteiger partial charge in [-0.05, 0) is 49.6 Å². The van der Waals surface area contributed by atoms with Crippen molar-refractivity contribution in [2.24, 2.45) is 0 Å². The lowest BCUT2D eigenvalue weighted by atomic mass is 10.2. The zero-order valence-corrected chi connectivity index (χ0v) is 11.2. The third kappa shape index (κ3) is 3.61. The predicted molar refractivity (Wildman–Crippen MR) is 74.1 cm³/mol. The largest absolute Gasteiger partial charge is 0.486 e. The summed E-state index contributed by atoms with van der Waals surface area (Å²) in [5, 5.41) is 3.43. The van der Waals surface area contributed by atoms with Gasteiger partial charge in [0.1, 0.15) is 23.9 Å². The first kappa shape index (κ1) is 12.3. The second-order valence-corrected chi connectivity index (χ2v) is 5.13. The van der Waals surface area contributed by atoms with Crippen LogP contribution >= 0.6 is 0 Å². The molecule has 1 aliphatic carbocycles. The van der Waals surface area contributed by atoms with Crippen LogP contribution in [-0.2, 0) is 13.2 Å². The third-order valence-electron chi connectivity index (χ3n) is 3.23. The third-order valence-corrected chi connectivity index (χ3v) is 3.23. The van der Waals surface area contributed by atoms with Crippen molar-refractivity contribution >= 4 is 0 Å². The summed E-state index contributed by atoms with van der Waals surface area (Å²) in [6, 6.07) is 12.8. The molecule has 0 amide bonds. The zero-order valence-electron chi connectivity index (χ0n) is 11.2. The molecule has 0 bridgehead atoms. The van der Waals surface area contributed by atoms with Crippen molar-refractivity contribution in [3.05, 3.63) is 53.5 Å². The summed E-state index contributed by atoms with van der Waals surface area (Å²) in [5.41, 5.74) is 1.20. The van der Waals surface area contributed by atoms with E-state index in [-0.39, 0.29) is 0 Å². The molecular weight excluding hydrogens is 238 g/mol. The van der Waals surface area contributed by atoms with Crippen LogP contribution in [0.1, 0.15) is 29.9 Å². The molecule has 1 fully saturated rings. The highest BCUT2D eigenvalue weighted by Gasteiger charge is 2.20. The Balaban J connectivity index is 1.51. The Hall–Kier alpha value is -1.74. The van der Waals surface area contributed by atoms with E-state index in [1.54, 1.807) is 0 Å². The van der Waals surface area contributed by atoms with E-state index in [1.165, 1.54) is 18.4 Å². The maximum absolute atomic E-state index is 5.73. The van der Waals surface area contributed by atoms with Crippen LogP contribution in [0.15, 0.2) is 40.8 Å². The lowest BCUT2D eigenvalue weighted by Crippen LogP contribution is -2.14. The van der Waals surface area contributed by atoms with Gasteiger partial charge in [0.2, 0.25) is 0 Å². The minimum Gasteiger partial charge on any atom is -0.486 e. The molecule has 0 aliphatic heterocycles. The Bertz CT molecular complexity index is 543. The first-order valence-electron chi connectivity index (χ1n) is 6.80. The summed E-state index contributed by atoms with van der Waals surface area (Å²) in [4.78, 5) is 0. The molecule has 1 saturated carbocycles. The van der Waals surface area contributed by atoms with E-state index >= 15 is 0 Å². The Labute approximate surface area is 113 Å². The van der Waals surface area contributed by atoms with Crippen molar-refractivity contribution in [3.63, 3.8) is 0 Å². The second kappa shape index (κ2) is 5.49. The fourth-order valence-corrected chi connectivity index (χ4v) is 1.99. The molecule has 0 spiro atoms. The number of hydrogen-bond donors (Lipinski definition) is 1. The molecule has 0 radical (unpaired) electrons. The van der Waals surface area contributed by atoms with Gasteiger partial charge in [0, 0.05) is 6.04 Å². The van der Waals surface area contributed by atoms with Gasteiger partial charge in [-0.1, -0.05) is 12.1 Å². The molecule has 1 aromatic heterocycles. The van der Waals surface area contributed by atoms with Gasteiger partial charge in [-0.2, -0.15) is 0 Å². The fourth-order valence-electron chi connectivity index (χ4n) is 1.99. The lowest BCUT2D eigenvalue weighted by molar-refractivity contribution is 0.265. The molecular formula is C16H19NO2. The van der Waals surface area contributed by atoms with Crippen molar-refractivity contribution in [3.8, 4) is 5.75 Å². The van der Waals surface area contributed by atoms with Gasteiger partial charge in [0.25, 0.3) is 0 Å². The molecule has 100 valence electrons. The Morgan fingerprint density at radius 1 is 1.21 bits per heavy atom. The van der Waals surface area contributed by atoms with Gasteiger partial charge in [0.15, 0.2) is 0 Å². The van der Waals surface area contributed by atoms with Crippen molar-refractivity contribution in [1.29, 1.82) is 0 Å². The molecule has 0 atom stereocenters. The summed E-state index contributed by atoms with van der Waals surface area (Å²) in [5.74, 6) is 2.73. The van der Waals surface area contributed by atoms with E-state index in [0.717, 1.165) is 23.8 Å². The summed E-state index contributed by atoms with van der Waals surface area (Å²) in [7, 11) is 0. The van der Waals surface area contributed by atoms with E-state index in [9.17, 15) is 0 Å². The van der Waals surface area contributed by atoms with Crippen LogP contribution in [-0.4, -0.2) is 6.04 Å². The van der Waals surface area contributed by atoms with Crippen LogP contribution in [0.4, 0.5) is 0 Å². The quantitative estimate of drug-likeness (QED) is 0.861. The standard InChI is InChI=1S/C16H19NO2/c1-12-3-2-4-14(9-12)18-11-16-8-7-15(19-16)10-17-13-5-6-13/h2-4,7-9,13,17H,5-6,10-11H2,1H3. The molecule has 3 rings (SSSR count). The Kier molecular flexibility index (Phi) is 3.56. The highest BCUT2D eigenvalue weighted by Crippen LogP contribution is 2.20. The molecule has 1 heterocycles. The number of nitrogens with one attached hydrogen (secondary N) is 1. The monoisotopic (exact) mass is 257 g/mol. The van der Waals surface area contributed by atoms with Crippen molar-refractivity contribution < 1.29 is 9.15 Å². The summed E-state index contributed by atoms with van der Waals surface area (Å²) < 4.78 is 11.4. The van der Waals surface area contributed by atoms with Gasteiger partial charge in [-0.3, -0.25) is 0 Å². The maximum Gasteiger partial charge on any atom is 0.146 e. The highest BCUT2D eigenvalue weighted by molar-refractivity contribution is 5.27. The SMILES string of the molecule is Cc1cccc(OCc2ccc(CNC3CC3)o2)c1. The van der Waals surface area contributed by atoms with Crippen molar-refractivity contribution in [1.82, 2.24) is 5.32 Å². The van der Waals surface area contributed by atoms with E-state index < -0.39 is 0 Å². The molecule has 2 aromatic rings. The van der Waals surface area contributed by atoms with E-state index in [0.29, 0.717) is 12.6 Å². The smallest absolute Gasteiger partial charge is 0.146 e. The topological polar surface area (TPSA) is 34.4 Å². The minimum atomic E-state index is 0.479. The number of rotatable bonds is 6. The van der Waals surface area contributed by atoms with E-state index in [2.05, 4.69) is 18.3 Å². The first-order valence-corrected chi connectivity index (χ1v) is 6.80. The number of hydrogen-bond acceptors (Lipinski definition) is 3. The molecule has 1 N–H and O–H groups in total. The molecule has 0 unspecified atom stereocenters. The second-order valence-electron chi connectivity index (χ2n) is 5.13. The number of furan rings is 1. The summed E-state index contributed by atoms with van der Waals surface area (Å²) in [6.45, 7) is 3.35. The average Bonchev–Trinajstić information content (AvgIpc) is 3.13.